The van der Waals surface area contributed by atoms with Gasteiger partial charge in [-0.1, -0.05) is 39.8 Å². The molecule has 5 heteroatoms. The molecule has 0 fully saturated rings. The predicted molar refractivity (Wildman–Crippen MR) is 147 cm³/mol. The van der Waals surface area contributed by atoms with Crippen LogP contribution in [0.25, 0.3) is 21.9 Å². The van der Waals surface area contributed by atoms with Crippen LogP contribution in [0.5, 0.6) is 0 Å². The van der Waals surface area contributed by atoms with Crippen molar-refractivity contribution in [3.8, 4) is 0 Å². The molecule has 2 N–H and O–H groups in total. The maximum atomic E-state index is 10.8. The van der Waals surface area contributed by atoms with Crippen molar-refractivity contribution in [2.24, 2.45) is 0 Å². The number of furan rings is 1. The zero-order valence-electron chi connectivity index (χ0n) is 22.3. The van der Waals surface area contributed by atoms with Crippen LogP contribution in [-0.4, -0.2) is 59.3 Å². The van der Waals surface area contributed by atoms with Crippen molar-refractivity contribution in [1.82, 2.24) is 9.80 Å². The lowest BCUT2D eigenvalue weighted by Gasteiger charge is -2.18. The van der Waals surface area contributed by atoms with Crippen LogP contribution < -0.4 is 0 Å². The Morgan fingerprint density at radius 3 is 1.40 bits per heavy atom. The quantitative estimate of drug-likeness (QED) is 0.223. The highest BCUT2D eigenvalue weighted by Gasteiger charge is 2.15. The first-order valence-electron chi connectivity index (χ1n) is 13.8. The molecule has 0 amide bonds. The first kappa shape index (κ1) is 27.7. The summed E-state index contributed by atoms with van der Waals surface area (Å²) >= 11 is 0. The second kappa shape index (κ2) is 14.0. The van der Waals surface area contributed by atoms with E-state index in [4.69, 9.17) is 4.42 Å². The van der Waals surface area contributed by atoms with Gasteiger partial charge in [-0.3, -0.25) is 0 Å². The molecule has 1 aromatic heterocycles. The normalized spacial score (nSPS) is 13.9. The van der Waals surface area contributed by atoms with E-state index in [-0.39, 0.29) is 0 Å². The average molecular weight is 483 g/mol. The lowest BCUT2D eigenvalue weighted by Crippen LogP contribution is -2.23. The number of aliphatic hydroxyl groups excluding tert-OH is 2. The van der Waals surface area contributed by atoms with Crippen molar-refractivity contribution in [3.05, 3.63) is 47.5 Å². The molecule has 0 radical (unpaired) electrons. The van der Waals surface area contributed by atoms with Gasteiger partial charge in [-0.2, -0.15) is 0 Å². The topological polar surface area (TPSA) is 60.1 Å². The fourth-order valence-electron chi connectivity index (χ4n) is 4.99. The van der Waals surface area contributed by atoms with Crippen LogP contribution in [0.4, 0.5) is 0 Å². The van der Waals surface area contributed by atoms with Gasteiger partial charge in [0, 0.05) is 10.8 Å². The molecule has 35 heavy (non-hydrogen) atoms. The zero-order chi connectivity index (χ0) is 25.2. The van der Waals surface area contributed by atoms with Gasteiger partial charge in [0.15, 0.2) is 0 Å². The Kier molecular flexibility index (Phi) is 11.1. The highest BCUT2D eigenvalue weighted by molar-refractivity contribution is 6.05. The zero-order valence-corrected chi connectivity index (χ0v) is 22.3. The molecular formula is C30H46N2O3. The second-order valence-corrected chi connectivity index (χ2v) is 9.69. The Bertz CT molecular complexity index is 943. The Morgan fingerprint density at radius 1 is 0.629 bits per heavy atom. The highest BCUT2D eigenvalue weighted by atomic mass is 16.3. The number of rotatable bonds is 16. The first-order valence-corrected chi connectivity index (χ1v) is 13.8. The Hall–Kier alpha value is -1.92. The molecule has 1 heterocycles. The minimum absolute atomic E-state index is 0.472. The van der Waals surface area contributed by atoms with Crippen molar-refractivity contribution < 1.29 is 14.6 Å². The average Bonchev–Trinajstić information content (AvgIpc) is 3.25. The lowest BCUT2D eigenvalue weighted by molar-refractivity contribution is 0.161. The summed E-state index contributed by atoms with van der Waals surface area (Å²) < 4.78 is 6.05. The van der Waals surface area contributed by atoms with Gasteiger partial charge < -0.3 is 24.4 Å². The lowest BCUT2D eigenvalue weighted by atomic mass is 9.99. The molecule has 0 spiro atoms. The van der Waals surface area contributed by atoms with Crippen molar-refractivity contribution in [2.45, 2.75) is 78.4 Å². The molecule has 2 atom stereocenters. The number of aliphatic hydroxyl groups is 2. The molecule has 0 aliphatic carbocycles. The number of fused-ring (bicyclic) bond motifs is 3. The van der Waals surface area contributed by atoms with E-state index in [1.807, 2.05) is 24.3 Å². The van der Waals surface area contributed by atoms with Gasteiger partial charge in [-0.15, -0.1) is 0 Å². The molecule has 0 saturated heterocycles. The minimum atomic E-state index is -0.472. The summed E-state index contributed by atoms with van der Waals surface area (Å²) in [5.41, 5.74) is 3.52. The number of hydrogen-bond donors (Lipinski definition) is 2. The van der Waals surface area contributed by atoms with E-state index in [0.717, 1.165) is 111 Å². The van der Waals surface area contributed by atoms with E-state index in [1.165, 1.54) is 0 Å². The Balaban J connectivity index is 1.64. The van der Waals surface area contributed by atoms with Crippen LogP contribution >= 0.6 is 0 Å². The van der Waals surface area contributed by atoms with Crippen LogP contribution in [0.3, 0.4) is 0 Å². The van der Waals surface area contributed by atoms with Crippen molar-refractivity contribution in [2.75, 3.05) is 39.3 Å². The smallest absolute Gasteiger partial charge is 0.135 e. The van der Waals surface area contributed by atoms with E-state index < -0.39 is 12.2 Å². The molecule has 0 bridgehead atoms. The van der Waals surface area contributed by atoms with Gasteiger partial charge in [0.1, 0.15) is 11.2 Å². The van der Waals surface area contributed by atoms with Gasteiger partial charge in [-0.05, 0) is 113 Å². The van der Waals surface area contributed by atoms with Crippen LogP contribution in [0, 0.1) is 0 Å². The largest absolute Gasteiger partial charge is 0.456 e. The predicted octanol–water partition coefficient (Wildman–Crippen LogP) is 6.68. The van der Waals surface area contributed by atoms with Crippen LogP contribution in [-0.2, 0) is 0 Å². The summed E-state index contributed by atoms with van der Waals surface area (Å²) in [7, 11) is 0. The molecule has 2 unspecified atom stereocenters. The minimum Gasteiger partial charge on any atom is -0.456 e. The highest BCUT2D eigenvalue weighted by Crippen LogP contribution is 2.34. The third kappa shape index (κ3) is 7.53. The van der Waals surface area contributed by atoms with E-state index in [2.05, 4.69) is 49.6 Å². The van der Waals surface area contributed by atoms with Gasteiger partial charge in [0.25, 0.3) is 0 Å². The van der Waals surface area contributed by atoms with Crippen molar-refractivity contribution >= 4 is 21.9 Å². The van der Waals surface area contributed by atoms with Gasteiger partial charge in [0.2, 0.25) is 0 Å². The molecule has 3 aromatic rings. The van der Waals surface area contributed by atoms with Gasteiger partial charge in [-0.25, -0.2) is 0 Å². The SMILES string of the molecule is CCN(CC)CCCCC(O)c1ccc2oc3ccc(C(O)CCCCN(CC)CC)cc3c2c1. The number of nitrogens with zero attached hydrogens (tertiary/aromatic N) is 2. The molecule has 5 nitrogen and oxygen atoms in total. The number of benzene rings is 2. The van der Waals surface area contributed by atoms with Crippen molar-refractivity contribution in [3.63, 3.8) is 0 Å². The van der Waals surface area contributed by atoms with Crippen molar-refractivity contribution in [1.29, 1.82) is 0 Å². The van der Waals surface area contributed by atoms with E-state index in [9.17, 15) is 10.2 Å². The molecule has 194 valence electrons. The maximum Gasteiger partial charge on any atom is 0.135 e. The van der Waals surface area contributed by atoms with Crippen LogP contribution in [0.15, 0.2) is 40.8 Å². The third-order valence-electron chi connectivity index (χ3n) is 7.48. The summed E-state index contributed by atoms with van der Waals surface area (Å²) in [6, 6.07) is 12.0. The number of hydrogen-bond acceptors (Lipinski definition) is 5. The fourth-order valence-corrected chi connectivity index (χ4v) is 4.99. The standard InChI is InChI=1S/C30H46N2O3/c1-5-31(6-2)19-11-9-13-27(33)23-15-17-29-25(21-23)26-22-24(16-18-30(26)35-29)28(34)14-10-12-20-32(7-3)8-4/h15-18,21-22,27-28,33-34H,5-14,19-20H2,1-4H3. The summed E-state index contributed by atoms with van der Waals surface area (Å²) in [5, 5.41) is 23.7. The number of unbranched alkanes of at least 4 members (excludes halogenated alkanes) is 2. The monoisotopic (exact) mass is 482 g/mol. The van der Waals surface area contributed by atoms with E-state index in [1.54, 1.807) is 0 Å². The summed E-state index contributed by atoms with van der Waals surface area (Å²) in [5.74, 6) is 0. The molecule has 2 aromatic carbocycles. The molecule has 0 aliphatic heterocycles. The van der Waals surface area contributed by atoms with E-state index in [0.29, 0.717) is 0 Å². The fraction of sp³-hybridized carbons (Fsp3) is 0.600. The molecule has 0 saturated carbocycles. The Morgan fingerprint density at radius 2 is 1.03 bits per heavy atom. The molecular weight excluding hydrogens is 436 g/mol. The maximum absolute atomic E-state index is 10.8. The molecule has 0 aliphatic rings. The van der Waals surface area contributed by atoms with Gasteiger partial charge >= 0.3 is 0 Å². The second-order valence-electron chi connectivity index (χ2n) is 9.69. The summed E-state index contributed by atoms with van der Waals surface area (Å²) in [6.45, 7) is 15.3. The molecule has 3 rings (SSSR count). The summed E-state index contributed by atoms with van der Waals surface area (Å²) in [4.78, 5) is 4.85. The van der Waals surface area contributed by atoms with E-state index >= 15 is 0 Å². The van der Waals surface area contributed by atoms with Gasteiger partial charge in [0.05, 0.1) is 12.2 Å². The Labute approximate surface area is 211 Å². The van der Waals surface area contributed by atoms with Crippen LogP contribution in [0.2, 0.25) is 0 Å². The summed E-state index contributed by atoms with van der Waals surface area (Å²) in [6.07, 6.45) is 4.80. The van der Waals surface area contributed by atoms with Crippen LogP contribution in [0.1, 0.15) is 89.6 Å². The first-order chi connectivity index (χ1) is 17.0. The third-order valence-corrected chi connectivity index (χ3v) is 7.48.